The van der Waals surface area contributed by atoms with Gasteiger partial charge in [-0.3, -0.25) is 0 Å². The number of thioether (sulfide) groups is 1. The summed E-state index contributed by atoms with van der Waals surface area (Å²) in [5, 5.41) is 4.29. The van der Waals surface area contributed by atoms with Crippen molar-refractivity contribution in [3.8, 4) is 0 Å². The van der Waals surface area contributed by atoms with Crippen LogP contribution in [0.5, 0.6) is 0 Å². The van der Waals surface area contributed by atoms with Crippen molar-refractivity contribution in [3.63, 3.8) is 0 Å². The van der Waals surface area contributed by atoms with E-state index in [1.165, 1.54) is 12.2 Å². The van der Waals surface area contributed by atoms with Crippen LogP contribution in [0, 0.1) is 0 Å². The molecule has 0 spiro atoms. The van der Waals surface area contributed by atoms with E-state index in [-0.39, 0.29) is 5.54 Å². The highest BCUT2D eigenvalue weighted by Crippen LogP contribution is 2.32. The van der Waals surface area contributed by atoms with Gasteiger partial charge in [-0.25, -0.2) is 0 Å². The van der Waals surface area contributed by atoms with Crippen molar-refractivity contribution in [2.45, 2.75) is 18.4 Å². The minimum Gasteiger partial charge on any atom is -0.377 e. The molecule has 0 amide bonds. The zero-order valence-electron chi connectivity index (χ0n) is 9.51. The fourth-order valence-electron chi connectivity index (χ4n) is 2.04. The third-order valence-electron chi connectivity index (χ3n) is 3.04. The van der Waals surface area contributed by atoms with Crippen LogP contribution < -0.4 is 11.1 Å². The van der Waals surface area contributed by atoms with E-state index in [0.717, 1.165) is 27.4 Å². The van der Waals surface area contributed by atoms with Crippen LogP contribution >= 0.6 is 39.3 Å². The fourth-order valence-corrected chi connectivity index (χ4v) is 3.69. The van der Waals surface area contributed by atoms with E-state index in [4.69, 9.17) is 17.3 Å². The lowest BCUT2D eigenvalue weighted by atomic mass is 9.95. The monoisotopic (exact) mass is 334 g/mol. The van der Waals surface area contributed by atoms with Gasteiger partial charge in [-0.2, -0.15) is 11.8 Å². The highest BCUT2D eigenvalue weighted by molar-refractivity contribution is 9.10. The molecule has 0 bridgehead atoms. The Balaban J connectivity index is 2.14. The second-order valence-electron chi connectivity index (χ2n) is 4.39. The van der Waals surface area contributed by atoms with Gasteiger partial charge in [-0.05, 0) is 52.7 Å². The summed E-state index contributed by atoms with van der Waals surface area (Å²) in [5.74, 6) is 2.31. The lowest BCUT2D eigenvalue weighted by Crippen LogP contribution is -2.49. The van der Waals surface area contributed by atoms with Gasteiger partial charge in [-0.15, -0.1) is 0 Å². The van der Waals surface area contributed by atoms with Gasteiger partial charge in [0.1, 0.15) is 0 Å². The van der Waals surface area contributed by atoms with Crippen molar-refractivity contribution in [1.29, 1.82) is 0 Å². The van der Waals surface area contributed by atoms with E-state index in [9.17, 15) is 0 Å². The summed E-state index contributed by atoms with van der Waals surface area (Å²) in [4.78, 5) is 0. The molecule has 3 N–H and O–H groups in total. The summed E-state index contributed by atoms with van der Waals surface area (Å²) < 4.78 is 0.921. The number of hydrogen-bond donors (Lipinski definition) is 2. The maximum atomic E-state index is 6.10. The van der Waals surface area contributed by atoms with Crippen LogP contribution in [0.3, 0.4) is 0 Å². The molecular formula is C12H16BrClN2S. The van der Waals surface area contributed by atoms with Crippen LogP contribution in [0.25, 0.3) is 0 Å². The van der Waals surface area contributed by atoms with Crippen molar-refractivity contribution in [2.24, 2.45) is 5.73 Å². The molecule has 0 radical (unpaired) electrons. The highest BCUT2D eigenvalue weighted by atomic mass is 79.9. The van der Waals surface area contributed by atoms with E-state index < -0.39 is 0 Å². The van der Waals surface area contributed by atoms with Gasteiger partial charge >= 0.3 is 0 Å². The summed E-state index contributed by atoms with van der Waals surface area (Å²) >= 11 is 11.5. The number of nitrogens with two attached hydrogens (primary N) is 1. The molecule has 1 aromatic carbocycles. The number of rotatable bonds is 3. The number of halogens is 2. The Bertz CT molecular complexity index is 394. The molecule has 1 atom stereocenters. The van der Waals surface area contributed by atoms with E-state index >= 15 is 0 Å². The smallest absolute Gasteiger partial charge is 0.0586 e. The van der Waals surface area contributed by atoms with Crippen molar-refractivity contribution in [3.05, 3.63) is 27.7 Å². The molecule has 0 aliphatic carbocycles. The van der Waals surface area contributed by atoms with Gasteiger partial charge < -0.3 is 11.1 Å². The normalized spacial score (nSPS) is 24.6. The van der Waals surface area contributed by atoms with Crippen molar-refractivity contribution in [1.82, 2.24) is 0 Å². The standard InChI is InChI=1S/C12H16BrClN2S/c13-10-3-2-9(6-11(10)14)16-12(7-15)4-1-5-17-8-12/h2-3,6,16H,1,4-5,7-8,15H2. The summed E-state index contributed by atoms with van der Waals surface area (Å²) in [6.07, 6.45) is 2.35. The molecule has 1 fully saturated rings. The Hall–Kier alpha value is 0.1000. The molecule has 2 rings (SSSR count). The van der Waals surface area contributed by atoms with Gasteiger partial charge in [0.05, 0.1) is 10.6 Å². The van der Waals surface area contributed by atoms with Gasteiger partial charge in [0.25, 0.3) is 0 Å². The molecule has 94 valence electrons. The Labute approximate surface area is 120 Å². The maximum absolute atomic E-state index is 6.10. The van der Waals surface area contributed by atoms with Gasteiger partial charge in [-0.1, -0.05) is 11.6 Å². The number of nitrogens with one attached hydrogen (secondary N) is 1. The Morgan fingerprint density at radius 1 is 1.53 bits per heavy atom. The van der Waals surface area contributed by atoms with Gasteiger partial charge in [0.15, 0.2) is 0 Å². The Morgan fingerprint density at radius 2 is 2.35 bits per heavy atom. The summed E-state index contributed by atoms with van der Waals surface area (Å²) in [6, 6.07) is 5.94. The van der Waals surface area contributed by atoms with E-state index in [1.807, 2.05) is 30.0 Å². The lowest BCUT2D eigenvalue weighted by Gasteiger charge is -2.37. The third kappa shape index (κ3) is 3.31. The van der Waals surface area contributed by atoms with E-state index in [0.29, 0.717) is 6.54 Å². The number of anilines is 1. The zero-order valence-corrected chi connectivity index (χ0v) is 12.7. The maximum Gasteiger partial charge on any atom is 0.0586 e. The fraction of sp³-hybridized carbons (Fsp3) is 0.500. The topological polar surface area (TPSA) is 38.0 Å². The first-order valence-electron chi connectivity index (χ1n) is 5.66. The molecule has 1 heterocycles. The van der Waals surface area contributed by atoms with Crippen LogP contribution in [-0.4, -0.2) is 23.6 Å². The molecule has 1 unspecified atom stereocenters. The minimum absolute atomic E-state index is 0.0279. The number of benzene rings is 1. The Morgan fingerprint density at radius 3 is 2.94 bits per heavy atom. The SMILES string of the molecule is NCC1(Nc2ccc(Br)c(Cl)c2)CCCSC1. The van der Waals surface area contributed by atoms with Crippen LogP contribution in [-0.2, 0) is 0 Å². The predicted octanol–water partition coefficient (Wildman–Crippen LogP) is 3.74. The largest absolute Gasteiger partial charge is 0.377 e. The first-order chi connectivity index (χ1) is 8.15. The summed E-state index contributed by atoms with van der Waals surface area (Å²) in [6.45, 7) is 0.660. The average Bonchev–Trinajstić information content (AvgIpc) is 2.35. The molecule has 0 saturated carbocycles. The zero-order chi connectivity index (χ0) is 12.3. The molecule has 1 aliphatic rings. The van der Waals surface area contributed by atoms with Gasteiger partial charge in [0.2, 0.25) is 0 Å². The number of hydrogen-bond acceptors (Lipinski definition) is 3. The lowest BCUT2D eigenvalue weighted by molar-refractivity contribution is 0.476. The minimum atomic E-state index is 0.0279. The summed E-state index contributed by atoms with van der Waals surface area (Å²) in [5.41, 5.74) is 7.01. The molecule has 0 aromatic heterocycles. The second kappa shape index (κ2) is 5.83. The third-order valence-corrected chi connectivity index (χ3v) is 5.61. The van der Waals surface area contributed by atoms with E-state index in [1.54, 1.807) is 0 Å². The molecule has 2 nitrogen and oxygen atoms in total. The van der Waals surface area contributed by atoms with Crippen molar-refractivity contribution >= 4 is 45.0 Å². The van der Waals surface area contributed by atoms with E-state index in [2.05, 4.69) is 21.2 Å². The van der Waals surface area contributed by atoms with Crippen molar-refractivity contribution in [2.75, 3.05) is 23.4 Å². The van der Waals surface area contributed by atoms with Gasteiger partial charge in [0, 0.05) is 22.5 Å². The highest BCUT2D eigenvalue weighted by Gasteiger charge is 2.30. The quantitative estimate of drug-likeness (QED) is 0.883. The Kier molecular flexibility index (Phi) is 4.64. The molecule has 1 aromatic rings. The predicted molar refractivity (Wildman–Crippen MR) is 81.1 cm³/mol. The van der Waals surface area contributed by atoms with Crippen LogP contribution in [0.15, 0.2) is 22.7 Å². The molecular weight excluding hydrogens is 320 g/mol. The average molecular weight is 336 g/mol. The molecule has 1 aliphatic heterocycles. The molecule has 5 heteroatoms. The first-order valence-corrected chi connectivity index (χ1v) is 7.99. The second-order valence-corrected chi connectivity index (χ2v) is 6.76. The van der Waals surface area contributed by atoms with Crippen LogP contribution in [0.4, 0.5) is 5.69 Å². The van der Waals surface area contributed by atoms with Crippen molar-refractivity contribution < 1.29 is 0 Å². The molecule has 17 heavy (non-hydrogen) atoms. The van der Waals surface area contributed by atoms with Crippen LogP contribution in [0.1, 0.15) is 12.8 Å². The van der Waals surface area contributed by atoms with Crippen LogP contribution in [0.2, 0.25) is 5.02 Å². The first kappa shape index (κ1) is 13.5. The summed E-state index contributed by atoms with van der Waals surface area (Å²) in [7, 11) is 0. The molecule has 1 saturated heterocycles.